The first kappa shape index (κ1) is 15.7. The Morgan fingerprint density at radius 2 is 1.68 bits per heavy atom. The Bertz CT molecular complexity index is 903. The number of para-hydroxylation sites is 1. The number of benzene rings is 2. The standard InChI is InChI=1S/C19H17N5S/c1-3-8-15(9-4-1)19(17-12-7-13-25-17)20-14-18-21-22-23-24(18)16-10-5-2-6-11-16/h1-13,19-20H,14H2. The summed E-state index contributed by atoms with van der Waals surface area (Å²) in [6.45, 7) is 0.569. The topological polar surface area (TPSA) is 55.6 Å². The van der Waals surface area contributed by atoms with Crippen LogP contribution in [0.4, 0.5) is 0 Å². The summed E-state index contributed by atoms with van der Waals surface area (Å²) >= 11 is 1.74. The lowest BCUT2D eigenvalue weighted by atomic mass is 10.1. The van der Waals surface area contributed by atoms with Gasteiger partial charge in [-0.2, -0.15) is 4.68 Å². The summed E-state index contributed by atoms with van der Waals surface area (Å²) in [5.74, 6) is 0.781. The molecule has 4 aromatic rings. The van der Waals surface area contributed by atoms with Crippen molar-refractivity contribution >= 4 is 11.3 Å². The van der Waals surface area contributed by atoms with E-state index in [9.17, 15) is 0 Å². The van der Waals surface area contributed by atoms with E-state index < -0.39 is 0 Å². The van der Waals surface area contributed by atoms with Crippen molar-refractivity contribution in [3.63, 3.8) is 0 Å². The van der Waals surface area contributed by atoms with E-state index in [2.05, 4.69) is 62.6 Å². The highest BCUT2D eigenvalue weighted by molar-refractivity contribution is 7.10. The van der Waals surface area contributed by atoms with Crippen molar-refractivity contribution in [3.8, 4) is 5.69 Å². The molecule has 0 bridgehead atoms. The highest BCUT2D eigenvalue weighted by atomic mass is 32.1. The minimum Gasteiger partial charge on any atom is -0.298 e. The Morgan fingerprint density at radius 1 is 0.920 bits per heavy atom. The molecule has 2 heterocycles. The van der Waals surface area contributed by atoms with E-state index in [1.54, 1.807) is 16.0 Å². The molecule has 0 radical (unpaired) electrons. The highest BCUT2D eigenvalue weighted by Gasteiger charge is 2.16. The van der Waals surface area contributed by atoms with Gasteiger partial charge in [-0.3, -0.25) is 5.32 Å². The summed E-state index contributed by atoms with van der Waals surface area (Å²) in [5, 5.41) is 17.8. The smallest absolute Gasteiger partial charge is 0.170 e. The predicted molar refractivity (Wildman–Crippen MR) is 98.6 cm³/mol. The molecule has 0 saturated carbocycles. The summed E-state index contributed by atoms with van der Waals surface area (Å²) in [4.78, 5) is 1.27. The first-order valence-electron chi connectivity index (χ1n) is 8.06. The van der Waals surface area contributed by atoms with E-state index in [-0.39, 0.29) is 6.04 Å². The van der Waals surface area contributed by atoms with Gasteiger partial charge in [-0.15, -0.1) is 16.4 Å². The normalized spacial score (nSPS) is 12.2. The lowest BCUT2D eigenvalue weighted by molar-refractivity contribution is 0.582. The average Bonchev–Trinajstić information content (AvgIpc) is 3.36. The number of aromatic nitrogens is 4. The van der Waals surface area contributed by atoms with Crippen LogP contribution in [0, 0.1) is 0 Å². The predicted octanol–water partition coefficient (Wildman–Crippen LogP) is 3.60. The molecule has 6 heteroatoms. The maximum Gasteiger partial charge on any atom is 0.170 e. The molecule has 4 rings (SSSR count). The van der Waals surface area contributed by atoms with Gasteiger partial charge in [0, 0.05) is 4.88 Å². The van der Waals surface area contributed by atoms with E-state index in [0.717, 1.165) is 11.5 Å². The number of thiophene rings is 1. The number of hydrogen-bond donors (Lipinski definition) is 1. The highest BCUT2D eigenvalue weighted by Crippen LogP contribution is 2.26. The molecule has 25 heavy (non-hydrogen) atoms. The molecule has 0 aliphatic carbocycles. The van der Waals surface area contributed by atoms with E-state index in [4.69, 9.17) is 0 Å². The summed E-state index contributed by atoms with van der Waals surface area (Å²) < 4.78 is 1.77. The van der Waals surface area contributed by atoms with Crippen LogP contribution in [0.1, 0.15) is 22.3 Å². The number of tetrazole rings is 1. The molecule has 0 aliphatic heterocycles. The van der Waals surface area contributed by atoms with Crippen LogP contribution in [0.25, 0.3) is 5.69 Å². The number of hydrogen-bond acceptors (Lipinski definition) is 5. The van der Waals surface area contributed by atoms with Crippen molar-refractivity contribution in [2.45, 2.75) is 12.6 Å². The molecule has 0 aliphatic rings. The van der Waals surface area contributed by atoms with Crippen LogP contribution in [-0.4, -0.2) is 20.2 Å². The van der Waals surface area contributed by atoms with Gasteiger partial charge in [0.1, 0.15) is 0 Å². The van der Waals surface area contributed by atoms with Gasteiger partial charge < -0.3 is 0 Å². The minimum atomic E-state index is 0.113. The number of rotatable bonds is 6. The molecule has 124 valence electrons. The maximum atomic E-state index is 4.18. The number of nitrogens with one attached hydrogen (secondary N) is 1. The monoisotopic (exact) mass is 347 g/mol. The van der Waals surface area contributed by atoms with Crippen molar-refractivity contribution in [2.24, 2.45) is 0 Å². The summed E-state index contributed by atoms with van der Waals surface area (Å²) in [6, 6.07) is 24.7. The van der Waals surface area contributed by atoms with Gasteiger partial charge in [0.15, 0.2) is 5.82 Å². The summed E-state index contributed by atoms with van der Waals surface area (Å²) in [6.07, 6.45) is 0. The second-order valence-electron chi connectivity index (χ2n) is 5.58. The maximum absolute atomic E-state index is 4.18. The third-order valence-electron chi connectivity index (χ3n) is 3.96. The van der Waals surface area contributed by atoms with Gasteiger partial charge >= 0.3 is 0 Å². The quantitative estimate of drug-likeness (QED) is 0.579. The van der Waals surface area contributed by atoms with Crippen molar-refractivity contribution in [1.29, 1.82) is 0 Å². The average molecular weight is 347 g/mol. The Kier molecular flexibility index (Phi) is 4.63. The van der Waals surface area contributed by atoms with Crippen LogP contribution in [0.15, 0.2) is 78.2 Å². The van der Waals surface area contributed by atoms with Gasteiger partial charge in [-0.05, 0) is 39.6 Å². The molecule has 0 fully saturated rings. The molecule has 0 spiro atoms. The van der Waals surface area contributed by atoms with Gasteiger partial charge in [0.05, 0.1) is 18.3 Å². The molecule has 5 nitrogen and oxygen atoms in total. The largest absolute Gasteiger partial charge is 0.298 e. The molecule has 2 aromatic carbocycles. The lowest BCUT2D eigenvalue weighted by Crippen LogP contribution is -2.23. The molecular weight excluding hydrogens is 330 g/mol. The van der Waals surface area contributed by atoms with E-state index in [1.165, 1.54) is 10.4 Å². The second-order valence-corrected chi connectivity index (χ2v) is 6.56. The SMILES string of the molecule is c1ccc(C(NCc2nnnn2-c2ccccc2)c2cccs2)cc1. The third-order valence-corrected chi connectivity index (χ3v) is 4.90. The molecule has 0 saturated heterocycles. The molecule has 1 N–H and O–H groups in total. The fraction of sp³-hybridized carbons (Fsp3) is 0.105. The minimum absolute atomic E-state index is 0.113. The van der Waals surface area contributed by atoms with Crippen LogP contribution in [0.5, 0.6) is 0 Å². The zero-order valence-corrected chi connectivity index (χ0v) is 14.3. The third kappa shape index (κ3) is 3.50. The van der Waals surface area contributed by atoms with Crippen LogP contribution < -0.4 is 5.32 Å². The molecular formula is C19H17N5S. The van der Waals surface area contributed by atoms with Gasteiger partial charge in [-0.1, -0.05) is 54.6 Å². The van der Waals surface area contributed by atoms with Crippen LogP contribution in [0.3, 0.4) is 0 Å². The first-order valence-corrected chi connectivity index (χ1v) is 8.94. The van der Waals surface area contributed by atoms with Crippen molar-refractivity contribution < 1.29 is 0 Å². The van der Waals surface area contributed by atoms with E-state index in [0.29, 0.717) is 6.54 Å². The Hall–Kier alpha value is -2.83. The molecule has 1 unspecified atom stereocenters. The molecule has 0 amide bonds. The summed E-state index contributed by atoms with van der Waals surface area (Å²) in [7, 11) is 0. The summed E-state index contributed by atoms with van der Waals surface area (Å²) in [5.41, 5.74) is 2.18. The zero-order valence-electron chi connectivity index (χ0n) is 13.5. The van der Waals surface area contributed by atoms with Crippen LogP contribution >= 0.6 is 11.3 Å². The van der Waals surface area contributed by atoms with E-state index in [1.807, 2.05) is 36.4 Å². The molecule has 2 aromatic heterocycles. The lowest BCUT2D eigenvalue weighted by Gasteiger charge is -2.17. The fourth-order valence-electron chi connectivity index (χ4n) is 2.76. The number of nitrogens with zero attached hydrogens (tertiary/aromatic N) is 4. The van der Waals surface area contributed by atoms with Gasteiger partial charge in [0.25, 0.3) is 0 Å². The molecule has 1 atom stereocenters. The van der Waals surface area contributed by atoms with Crippen molar-refractivity contribution in [3.05, 3.63) is 94.4 Å². The van der Waals surface area contributed by atoms with Crippen molar-refractivity contribution in [2.75, 3.05) is 0 Å². The fourth-order valence-corrected chi connectivity index (χ4v) is 3.59. The zero-order chi connectivity index (χ0) is 16.9. The second kappa shape index (κ2) is 7.38. The van der Waals surface area contributed by atoms with Gasteiger partial charge in [0.2, 0.25) is 0 Å². The van der Waals surface area contributed by atoms with Crippen LogP contribution in [-0.2, 0) is 6.54 Å². The van der Waals surface area contributed by atoms with E-state index >= 15 is 0 Å². The Labute approximate surface area is 150 Å². The first-order chi connectivity index (χ1) is 12.4. The van der Waals surface area contributed by atoms with Gasteiger partial charge in [-0.25, -0.2) is 0 Å². The van der Waals surface area contributed by atoms with Crippen molar-refractivity contribution in [1.82, 2.24) is 25.5 Å². The Morgan fingerprint density at radius 3 is 2.40 bits per heavy atom. The van der Waals surface area contributed by atoms with Crippen LogP contribution in [0.2, 0.25) is 0 Å². The Balaban J connectivity index is 1.58.